The third-order valence-electron chi connectivity index (χ3n) is 4.95. The van der Waals surface area contributed by atoms with E-state index < -0.39 is 5.97 Å². The van der Waals surface area contributed by atoms with Gasteiger partial charge in [0.15, 0.2) is 0 Å². The molecular weight excluding hydrogens is 432 g/mol. The molecule has 9 heteroatoms. The van der Waals surface area contributed by atoms with Crippen molar-refractivity contribution in [3.05, 3.63) is 47.0 Å². The van der Waals surface area contributed by atoms with E-state index in [0.717, 1.165) is 51.6 Å². The van der Waals surface area contributed by atoms with Crippen LogP contribution in [0, 0.1) is 5.92 Å². The fourth-order valence-electron chi connectivity index (χ4n) is 3.07. The molecule has 0 aliphatic carbocycles. The maximum atomic E-state index is 12.2. The molecule has 0 saturated heterocycles. The molecule has 1 amide bonds. The van der Waals surface area contributed by atoms with Crippen molar-refractivity contribution in [2.75, 3.05) is 12.8 Å². The quantitative estimate of drug-likeness (QED) is 0.415. The molecule has 0 fully saturated rings. The van der Waals surface area contributed by atoms with Crippen molar-refractivity contribution in [1.29, 1.82) is 0 Å². The highest BCUT2D eigenvalue weighted by Crippen LogP contribution is 2.25. The Kier molecular flexibility index (Phi) is 8.36. The number of carbonyl (C=O) groups is 2. The number of carbonyl (C=O) groups excluding carboxylic acids is 1. The summed E-state index contributed by atoms with van der Waals surface area (Å²) in [5.74, 6) is 0.225. The second-order valence-electron chi connectivity index (χ2n) is 7.41. The van der Waals surface area contributed by atoms with E-state index in [0.29, 0.717) is 11.5 Å². The largest absolute Gasteiger partial charge is 0.481 e. The molecule has 2 heterocycles. The number of amides is 1. The van der Waals surface area contributed by atoms with E-state index in [-0.39, 0.29) is 18.9 Å². The fourth-order valence-corrected chi connectivity index (χ4v) is 4.41. The number of rotatable bonds is 11. The van der Waals surface area contributed by atoms with Crippen LogP contribution < -0.4 is 5.32 Å². The Balaban J connectivity index is 1.50. The first-order valence-electron chi connectivity index (χ1n) is 10.2. The van der Waals surface area contributed by atoms with Gasteiger partial charge in [-0.05, 0) is 49.6 Å². The number of hydrogen-bond acceptors (Lipinski definition) is 7. The van der Waals surface area contributed by atoms with Crippen LogP contribution in [0.1, 0.15) is 47.4 Å². The number of nitrogens with one attached hydrogen (secondary N) is 1. The molecule has 0 aliphatic heterocycles. The van der Waals surface area contributed by atoms with Crippen LogP contribution in [0.4, 0.5) is 0 Å². The Morgan fingerprint density at radius 1 is 1.19 bits per heavy atom. The molecule has 0 bridgehead atoms. The van der Waals surface area contributed by atoms with Gasteiger partial charge in [-0.2, -0.15) is 0 Å². The Morgan fingerprint density at radius 3 is 2.65 bits per heavy atom. The average molecular weight is 459 g/mol. The van der Waals surface area contributed by atoms with Gasteiger partial charge in [0.1, 0.15) is 5.82 Å². The number of thioether (sulfide) groups is 1. The molecule has 1 atom stereocenters. The van der Waals surface area contributed by atoms with E-state index in [9.17, 15) is 9.59 Å². The van der Waals surface area contributed by atoms with Gasteiger partial charge in [0.25, 0.3) is 5.91 Å². The zero-order chi connectivity index (χ0) is 22.2. The molecular formula is C22H26N4O3S2. The molecule has 3 rings (SSSR count). The van der Waals surface area contributed by atoms with Gasteiger partial charge >= 0.3 is 5.97 Å². The molecule has 31 heavy (non-hydrogen) atoms. The van der Waals surface area contributed by atoms with Crippen LogP contribution in [-0.2, 0) is 17.6 Å². The second-order valence-corrected chi connectivity index (χ2v) is 9.41. The number of fused-ring (bicyclic) bond motifs is 1. The maximum absolute atomic E-state index is 12.2. The lowest BCUT2D eigenvalue weighted by Crippen LogP contribution is -2.25. The van der Waals surface area contributed by atoms with Crippen LogP contribution in [-0.4, -0.2) is 44.7 Å². The first-order chi connectivity index (χ1) is 14.9. The first-order valence-corrected chi connectivity index (χ1v) is 12.2. The van der Waals surface area contributed by atoms with Gasteiger partial charge in [-0.15, -0.1) is 23.1 Å². The maximum Gasteiger partial charge on any atom is 0.305 e. The van der Waals surface area contributed by atoms with Crippen LogP contribution >= 0.6 is 23.1 Å². The number of aliphatic carboxylic acids is 1. The van der Waals surface area contributed by atoms with Gasteiger partial charge < -0.3 is 10.4 Å². The fraction of sp³-hybridized carbons (Fsp3) is 0.409. The number of benzene rings is 1. The zero-order valence-electron chi connectivity index (χ0n) is 17.6. The summed E-state index contributed by atoms with van der Waals surface area (Å²) in [6.45, 7) is 2.36. The van der Waals surface area contributed by atoms with E-state index in [2.05, 4.69) is 27.2 Å². The molecule has 0 unspecified atom stereocenters. The monoisotopic (exact) mass is 458 g/mol. The highest BCUT2D eigenvalue weighted by Gasteiger charge is 2.12. The average Bonchev–Trinajstić information content (AvgIpc) is 3.18. The zero-order valence-corrected chi connectivity index (χ0v) is 19.3. The lowest BCUT2D eigenvalue weighted by Gasteiger charge is -2.09. The Bertz CT molecular complexity index is 1040. The molecule has 0 spiro atoms. The third-order valence-corrected chi connectivity index (χ3v) is 6.71. The predicted molar refractivity (Wildman–Crippen MR) is 124 cm³/mol. The summed E-state index contributed by atoms with van der Waals surface area (Å²) in [5.41, 5.74) is 1.41. The van der Waals surface area contributed by atoms with Gasteiger partial charge in [0, 0.05) is 35.8 Å². The second kappa shape index (κ2) is 11.2. The van der Waals surface area contributed by atoms with Crippen LogP contribution in [0.3, 0.4) is 0 Å². The Labute approximate surface area is 189 Å². The van der Waals surface area contributed by atoms with E-state index in [1.807, 2.05) is 30.8 Å². The minimum Gasteiger partial charge on any atom is -0.481 e. The van der Waals surface area contributed by atoms with Gasteiger partial charge in [0.2, 0.25) is 0 Å². The summed E-state index contributed by atoms with van der Waals surface area (Å²) in [7, 11) is 0. The van der Waals surface area contributed by atoms with Gasteiger partial charge in [0.05, 0.1) is 21.6 Å². The van der Waals surface area contributed by atoms with E-state index in [1.54, 1.807) is 29.2 Å². The number of hydrogen-bond donors (Lipinski definition) is 2. The van der Waals surface area contributed by atoms with Crippen molar-refractivity contribution in [3.63, 3.8) is 0 Å². The molecule has 2 aromatic heterocycles. The Hall–Kier alpha value is -2.52. The summed E-state index contributed by atoms with van der Waals surface area (Å²) < 4.78 is 0.968. The first kappa shape index (κ1) is 23.1. The normalized spacial score (nSPS) is 12.1. The lowest BCUT2D eigenvalue weighted by molar-refractivity contribution is -0.136. The van der Waals surface area contributed by atoms with Crippen LogP contribution in [0.5, 0.6) is 0 Å². The number of aromatic nitrogens is 3. The van der Waals surface area contributed by atoms with Gasteiger partial charge in [-0.1, -0.05) is 6.92 Å². The molecule has 3 aromatic rings. The predicted octanol–water partition coefficient (Wildman–Crippen LogP) is 4.21. The summed E-state index contributed by atoms with van der Waals surface area (Å²) in [4.78, 5) is 37.4. The standard InChI is InChI=1S/C22H26N4O3S2/c1-14(3-7-19-24-12-16(30-2)13-25-19)4-8-20-26-17-6-5-15(11-18(17)31-20)22(29)23-10-9-21(27)28/h5-6,11-14H,3-4,7-10H2,1-2H3,(H,23,29)(H,27,28)/t14-/m0/s1. The molecule has 0 saturated carbocycles. The van der Waals surface area contributed by atoms with Crippen LogP contribution in [0.2, 0.25) is 0 Å². The van der Waals surface area contributed by atoms with Crippen LogP contribution in [0.15, 0.2) is 35.5 Å². The number of thiazole rings is 1. The summed E-state index contributed by atoms with van der Waals surface area (Å²) in [6.07, 6.45) is 9.50. The van der Waals surface area contributed by atoms with Crippen molar-refractivity contribution in [2.24, 2.45) is 5.92 Å². The van der Waals surface area contributed by atoms with Crippen molar-refractivity contribution in [3.8, 4) is 0 Å². The van der Waals surface area contributed by atoms with E-state index >= 15 is 0 Å². The van der Waals surface area contributed by atoms with Crippen molar-refractivity contribution >= 4 is 45.2 Å². The molecule has 2 N–H and O–H groups in total. The minimum absolute atomic E-state index is 0.0912. The number of carboxylic acid groups (broad SMARTS) is 1. The summed E-state index contributed by atoms with van der Waals surface area (Å²) in [6, 6.07) is 5.40. The Morgan fingerprint density at radius 2 is 1.94 bits per heavy atom. The molecule has 1 aromatic carbocycles. The summed E-state index contributed by atoms with van der Waals surface area (Å²) >= 11 is 3.25. The minimum atomic E-state index is -0.932. The third kappa shape index (κ3) is 7.00. The van der Waals surface area contributed by atoms with Crippen LogP contribution in [0.25, 0.3) is 10.2 Å². The van der Waals surface area contributed by atoms with Crippen molar-refractivity contribution in [1.82, 2.24) is 20.3 Å². The topological polar surface area (TPSA) is 105 Å². The van der Waals surface area contributed by atoms with Gasteiger partial charge in [-0.25, -0.2) is 15.0 Å². The highest BCUT2D eigenvalue weighted by molar-refractivity contribution is 7.98. The lowest BCUT2D eigenvalue weighted by atomic mass is 10.00. The summed E-state index contributed by atoms with van der Waals surface area (Å²) in [5, 5.41) is 12.4. The molecule has 164 valence electrons. The van der Waals surface area contributed by atoms with Gasteiger partial charge in [-0.3, -0.25) is 9.59 Å². The smallest absolute Gasteiger partial charge is 0.305 e. The number of nitrogens with zero attached hydrogens (tertiary/aromatic N) is 3. The highest BCUT2D eigenvalue weighted by atomic mass is 32.2. The van der Waals surface area contributed by atoms with Crippen molar-refractivity contribution in [2.45, 2.75) is 43.9 Å². The van der Waals surface area contributed by atoms with E-state index in [1.165, 1.54) is 0 Å². The van der Waals surface area contributed by atoms with Crippen molar-refractivity contribution < 1.29 is 14.7 Å². The molecule has 0 radical (unpaired) electrons. The van der Waals surface area contributed by atoms with E-state index in [4.69, 9.17) is 5.11 Å². The SMILES string of the molecule is CSc1cnc(CC[C@H](C)CCc2nc3ccc(C(=O)NCCC(=O)O)cc3s2)nc1. The number of aryl methyl sites for hydroxylation is 2. The number of carboxylic acids is 1. The molecule has 7 nitrogen and oxygen atoms in total. The molecule has 0 aliphatic rings.